The summed E-state index contributed by atoms with van der Waals surface area (Å²) in [6, 6.07) is 5.31. The van der Waals surface area contributed by atoms with Crippen molar-refractivity contribution < 1.29 is 4.92 Å². The molecule has 0 aliphatic heterocycles. The van der Waals surface area contributed by atoms with E-state index in [-0.39, 0.29) is 10.6 Å². The van der Waals surface area contributed by atoms with E-state index in [9.17, 15) is 10.1 Å². The fraction of sp³-hybridized carbons (Fsp3) is 0.571. The normalized spacial score (nSPS) is 17.9. The van der Waals surface area contributed by atoms with E-state index in [1.807, 2.05) is 12.1 Å². The van der Waals surface area contributed by atoms with Gasteiger partial charge in [-0.25, -0.2) is 0 Å². The van der Waals surface area contributed by atoms with Crippen LogP contribution in [0.1, 0.15) is 25.7 Å². The average Bonchev–Trinajstić information content (AvgIpc) is 3.32. The molecule has 2 aliphatic carbocycles. The van der Waals surface area contributed by atoms with Gasteiger partial charge in [0.2, 0.25) is 0 Å². The van der Waals surface area contributed by atoms with Crippen molar-refractivity contribution in [1.82, 2.24) is 0 Å². The lowest BCUT2D eigenvalue weighted by Gasteiger charge is -2.25. The second-order valence-corrected chi connectivity index (χ2v) is 5.87. The quantitative estimate of drug-likeness (QED) is 0.454. The third-order valence-corrected chi connectivity index (χ3v) is 4.04. The summed E-state index contributed by atoms with van der Waals surface area (Å²) in [5.41, 5.74) is 3.61. The van der Waals surface area contributed by atoms with Crippen LogP contribution >= 0.6 is 0 Å². The Morgan fingerprint density at radius 1 is 1.25 bits per heavy atom. The van der Waals surface area contributed by atoms with Crippen molar-refractivity contribution in [2.45, 2.75) is 25.7 Å². The average molecular weight is 276 g/mol. The van der Waals surface area contributed by atoms with Crippen LogP contribution in [0.3, 0.4) is 0 Å². The molecule has 2 saturated carbocycles. The van der Waals surface area contributed by atoms with Crippen LogP contribution in [0.5, 0.6) is 0 Å². The minimum atomic E-state index is -0.336. The Morgan fingerprint density at radius 2 is 1.85 bits per heavy atom. The zero-order chi connectivity index (χ0) is 14.1. The summed E-state index contributed by atoms with van der Waals surface area (Å²) in [6.07, 6.45) is 4.96. The molecule has 2 aliphatic rings. The number of nitro benzene ring substituents is 1. The number of nitrogens with one attached hydrogen (secondary N) is 1. The van der Waals surface area contributed by atoms with Crippen molar-refractivity contribution in [2.24, 2.45) is 17.7 Å². The second-order valence-electron chi connectivity index (χ2n) is 5.87. The SMILES string of the molecule is NNc1cccc(N(CC2CC2)CC2CC2)c1[N+](=O)[O-]. The maximum Gasteiger partial charge on any atom is 0.316 e. The molecule has 0 aromatic heterocycles. The van der Waals surface area contributed by atoms with Gasteiger partial charge in [-0.05, 0) is 49.7 Å². The predicted octanol–water partition coefficient (Wildman–Crippen LogP) is 2.51. The Kier molecular flexibility index (Phi) is 3.48. The molecule has 6 nitrogen and oxygen atoms in total. The first kappa shape index (κ1) is 13.2. The van der Waals surface area contributed by atoms with Crippen molar-refractivity contribution in [2.75, 3.05) is 23.4 Å². The van der Waals surface area contributed by atoms with Crippen LogP contribution in [0.2, 0.25) is 0 Å². The molecule has 0 heterocycles. The lowest BCUT2D eigenvalue weighted by molar-refractivity contribution is -0.383. The van der Waals surface area contributed by atoms with E-state index in [1.165, 1.54) is 25.7 Å². The molecule has 0 saturated heterocycles. The van der Waals surface area contributed by atoms with Gasteiger partial charge in [-0.2, -0.15) is 0 Å². The number of nitrogens with two attached hydrogens (primary N) is 1. The predicted molar refractivity (Wildman–Crippen MR) is 78.6 cm³/mol. The molecule has 3 rings (SSSR count). The van der Waals surface area contributed by atoms with E-state index in [0.717, 1.165) is 13.1 Å². The monoisotopic (exact) mass is 276 g/mol. The Hall–Kier alpha value is -1.82. The van der Waals surface area contributed by atoms with Crippen molar-refractivity contribution in [3.05, 3.63) is 28.3 Å². The Labute approximate surface area is 118 Å². The number of para-hydroxylation sites is 1. The first-order chi connectivity index (χ1) is 9.69. The molecular weight excluding hydrogens is 256 g/mol. The highest BCUT2D eigenvalue weighted by molar-refractivity contribution is 5.76. The van der Waals surface area contributed by atoms with Crippen LogP contribution in [-0.4, -0.2) is 18.0 Å². The van der Waals surface area contributed by atoms with Crippen molar-refractivity contribution in [3.8, 4) is 0 Å². The molecule has 20 heavy (non-hydrogen) atoms. The van der Waals surface area contributed by atoms with Gasteiger partial charge in [0, 0.05) is 13.1 Å². The third kappa shape index (κ3) is 2.85. The van der Waals surface area contributed by atoms with Gasteiger partial charge in [-0.15, -0.1) is 0 Å². The lowest BCUT2D eigenvalue weighted by atomic mass is 10.2. The van der Waals surface area contributed by atoms with Gasteiger partial charge in [0.05, 0.1) is 4.92 Å². The van der Waals surface area contributed by atoms with E-state index >= 15 is 0 Å². The molecule has 0 radical (unpaired) electrons. The van der Waals surface area contributed by atoms with Gasteiger partial charge in [-0.1, -0.05) is 6.07 Å². The molecule has 0 amide bonds. The molecule has 0 spiro atoms. The first-order valence-corrected chi connectivity index (χ1v) is 7.18. The number of benzene rings is 1. The van der Waals surface area contributed by atoms with Gasteiger partial charge in [0.25, 0.3) is 0 Å². The molecule has 1 aromatic rings. The fourth-order valence-electron chi connectivity index (χ4n) is 2.59. The minimum Gasteiger partial charge on any atom is -0.365 e. The standard InChI is InChI=1S/C14H20N4O2/c15-16-12-2-1-3-13(14(12)18(19)20)17(8-10-4-5-10)9-11-6-7-11/h1-3,10-11,16H,4-9,15H2. The molecule has 0 atom stereocenters. The van der Waals surface area contributed by atoms with Crippen molar-refractivity contribution >= 4 is 17.1 Å². The van der Waals surface area contributed by atoms with E-state index in [0.29, 0.717) is 23.2 Å². The molecule has 0 unspecified atom stereocenters. The van der Waals surface area contributed by atoms with Gasteiger partial charge >= 0.3 is 5.69 Å². The summed E-state index contributed by atoms with van der Waals surface area (Å²) < 4.78 is 0. The highest BCUT2D eigenvalue weighted by atomic mass is 16.6. The van der Waals surface area contributed by atoms with E-state index < -0.39 is 0 Å². The van der Waals surface area contributed by atoms with Crippen LogP contribution in [0.25, 0.3) is 0 Å². The lowest BCUT2D eigenvalue weighted by Crippen LogP contribution is -2.29. The third-order valence-electron chi connectivity index (χ3n) is 4.04. The summed E-state index contributed by atoms with van der Waals surface area (Å²) in [6.45, 7) is 1.84. The number of anilines is 2. The molecule has 6 heteroatoms. The van der Waals surface area contributed by atoms with Crippen molar-refractivity contribution in [3.63, 3.8) is 0 Å². The zero-order valence-corrected chi connectivity index (χ0v) is 11.4. The van der Waals surface area contributed by atoms with Crippen LogP contribution in [0, 0.1) is 22.0 Å². The van der Waals surface area contributed by atoms with Gasteiger partial charge in [-0.3, -0.25) is 16.0 Å². The molecule has 108 valence electrons. The summed E-state index contributed by atoms with van der Waals surface area (Å²) in [5.74, 6) is 6.81. The van der Waals surface area contributed by atoms with E-state index in [4.69, 9.17) is 5.84 Å². The van der Waals surface area contributed by atoms with Crippen LogP contribution < -0.4 is 16.2 Å². The fourth-order valence-corrected chi connectivity index (χ4v) is 2.59. The smallest absolute Gasteiger partial charge is 0.316 e. The Morgan fingerprint density at radius 3 is 2.30 bits per heavy atom. The highest BCUT2D eigenvalue weighted by Gasteiger charge is 2.32. The molecule has 3 N–H and O–H groups in total. The highest BCUT2D eigenvalue weighted by Crippen LogP contribution is 2.40. The Bertz CT molecular complexity index is 498. The molecule has 0 bridgehead atoms. The van der Waals surface area contributed by atoms with Gasteiger partial charge in [0.15, 0.2) is 0 Å². The van der Waals surface area contributed by atoms with Crippen LogP contribution in [-0.2, 0) is 0 Å². The number of nitrogen functional groups attached to an aromatic ring is 1. The minimum absolute atomic E-state index is 0.0938. The molecule has 1 aromatic carbocycles. The van der Waals surface area contributed by atoms with Crippen LogP contribution in [0.4, 0.5) is 17.1 Å². The van der Waals surface area contributed by atoms with Crippen LogP contribution in [0.15, 0.2) is 18.2 Å². The zero-order valence-electron chi connectivity index (χ0n) is 11.4. The van der Waals surface area contributed by atoms with Gasteiger partial charge in [0.1, 0.15) is 11.4 Å². The number of nitro groups is 1. The summed E-state index contributed by atoms with van der Waals surface area (Å²) >= 11 is 0. The largest absolute Gasteiger partial charge is 0.365 e. The maximum absolute atomic E-state index is 11.4. The van der Waals surface area contributed by atoms with E-state index in [2.05, 4.69) is 10.3 Å². The number of nitrogens with zero attached hydrogens (tertiary/aromatic N) is 2. The second kappa shape index (κ2) is 5.28. The number of hydrogen-bond acceptors (Lipinski definition) is 5. The number of hydrogen-bond donors (Lipinski definition) is 2. The van der Waals surface area contributed by atoms with Crippen molar-refractivity contribution in [1.29, 1.82) is 0 Å². The molecular formula is C14H20N4O2. The summed E-state index contributed by atoms with van der Waals surface area (Å²) in [7, 11) is 0. The maximum atomic E-state index is 11.4. The molecule has 2 fully saturated rings. The number of hydrazine groups is 1. The van der Waals surface area contributed by atoms with Gasteiger partial charge < -0.3 is 10.3 Å². The first-order valence-electron chi connectivity index (χ1n) is 7.18. The topological polar surface area (TPSA) is 84.4 Å². The van der Waals surface area contributed by atoms with E-state index in [1.54, 1.807) is 6.07 Å². The number of rotatable bonds is 7. The summed E-state index contributed by atoms with van der Waals surface area (Å²) in [5, 5.41) is 11.4. The Balaban J connectivity index is 1.92. The summed E-state index contributed by atoms with van der Waals surface area (Å²) in [4.78, 5) is 13.2.